The molecule has 0 unspecified atom stereocenters. The van der Waals surface area contributed by atoms with E-state index in [0.717, 1.165) is 16.7 Å². The van der Waals surface area contributed by atoms with E-state index >= 15 is 0 Å². The van der Waals surface area contributed by atoms with Gasteiger partial charge in [0.15, 0.2) is 0 Å². The topological polar surface area (TPSA) is 29.1 Å². The van der Waals surface area contributed by atoms with Crippen LogP contribution in [0.15, 0.2) is 84.9 Å². The molecule has 1 amide bonds. The van der Waals surface area contributed by atoms with E-state index in [1.165, 1.54) is 0 Å². The molecule has 3 aromatic rings. The standard InChI is InChI=1S/C23H23NO/c1-17(2)22(20-11-7-4-8-12-20)24-23(25)21-15-13-19(14-16-21)18-9-5-3-6-10-18/h3-17,22H,1-2H3,(H,24,25)/t22-/m1/s1. The maximum atomic E-state index is 12.7. The molecule has 0 aliphatic heterocycles. The minimum atomic E-state index is -0.0397. The van der Waals surface area contributed by atoms with Crippen LogP contribution in [0.5, 0.6) is 0 Å². The highest BCUT2D eigenvalue weighted by Gasteiger charge is 2.18. The average Bonchev–Trinajstić information content (AvgIpc) is 2.67. The SMILES string of the molecule is CC(C)[C@@H](NC(=O)c1ccc(-c2ccccc2)cc1)c1ccccc1. The fourth-order valence-electron chi connectivity index (χ4n) is 2.96. The minimum absolute atomic E-state index is 0.00231. The van der Waals surface area contributed by atoms with E-state index in [2.05, 4.69) is 43.4 Å². The van der Waals surface area contributed by atoms with Gasteiger partial charge in [0.05, 0.1) is 6.04 Å². The average molecular weight is 329 g/mol. The summed E-state index contributed by atoms with van der Waals surface area (Å²) in [4.78, 5) is 12.7. The lowest BCUT2D eigenvalue weighted by Gasteiger charge is -2.23. The van der Waals surface area contributed by atoms with Crippen molar-refractivity contribution in [3.8, 4) is 11.1 Å². The summed E-state index contributed by atoms with van der Waals surface area (Å²) in [6.45, 7) is 4.24. The molecule has 0 heterocycles. The van der Waals surface area contributed by atoms with Gasteiger partial charge in [-0.15, -0.1) is 0 Å². The van der Waals surface area contributed by atoms with Crippen LogP contribution in [0, 0.1) is 5.92 Å². The molecule has 126 valence electrons. The third-order valence-corrected chi connectivity index (χ3v) is 4.37. The van der Waals surface area contributed by atoms with E-state index in [-0.39, 0.29) is 11.9 Å². The monoisotopic (exact) mass is 329 g/mol. The van der Waals surface area contributed by atoms with Crippen molar-refractivity contribution in [3.05, 3.63) is 96.1 Å². The highest BCUT2D eigenvalue weighted by Crippen LogP contribution is 2.23. The predicted molar refractivity (Wildman–Crippen MR) is 103 cm³/mol. The molecule has 0 radical (unpaired) electrons. The Morgan fingerprint density at radius 3 is 1.80 bits per heavy atom. The Kier molecular flexibility index (Phi) is 5.30. The predicted octanol–water partition coefficient (Wildman–Crippen LogP) is 5.48. The molecule has 0 saturated heterocycles. The Morgan fingerprint density at radius 2 is 1.24 bits per heavy atom. The summed E-state index contributed by atoms with van der Waals surface area (Å²) >= 11 is 0. The zero-order chi connectivity index (χ0) is 17.6. The van der Waals surface area contributed by atoms with E-state index in [0.29, 0.717) is 11.5 Å². The largest absolute Gasteiger partial charge is 0.345 e. The van der Waals surface area contributed by atoms with Gasteiger partial charge in [0.25, 0.3) is 5.91 Å². The van der Waals surface area contributed by atoms with Gasteiger partial charge in [0, 0.05) is 5.56 Å². The lowest BCUT2D eigenvalue weighted by molar-refractivity contribution is 0.0925. The smallest absolute Gasteiger partial charge is 0.251 e. The Hall–Kier alpha value is -2.87. The van der Waals surface area contributed by atoms with Crippen LogP contribution >= 0.6 is 0 Å². The molecule has 2 heteroatoms. The maximum absolute atomic E-state index is 12.7. The molecule has 3 rings (SSSR count). The van der Waals surface area contributed by atoms with Gasteiger partial charge in [-0.2, -0.15) is 0 Å². The Labute approximate surface area is 149 Å². The molecule has 1 N–H and O–H groups in total. The van der Waals surface area contributed by atoms with Gasteiger partial charge in [-0.25, -0.2) is 0 Å². The second-order valence-electron chi connectivity index (χ2n) is 6.55. The second-order valence-corrected chi connectivity index (χ2v) is 6.55. The van der Waals surface area contributed by atoms with E-state index in [1.807, 2.05) is 60.7 Å². The summed E-state index contributed by atoms with van der Waals surface area (Å²) in [5.74, 6) is 0.275. The summed E-state index contributed by atoms with van der Waals surface area (Å²) in [6.07, 6.45) is 0. The van der Waals surface area contributed by atoms with Crippen molar-refractivity contribution < 1.29 is 4.79 Å². The lowest BCUT2D eigenvalue weighted by Crippen LogP contribution is -2.31. The van der Waals surface area contributed by atoms with Gasteiger partial charge >= 0.3 is 0 Å². The van der Waals surface area contributed by atoms with Crippen LogP contribution in [-0.2, 0) is 0 Å². The van der Waals surface area contributed by atoms with E-state index in [1.54, 1.807) is 0 Å². The number of rotatable bonds is 5. The normalized spacial score (nSPS) is 12.0. The van der Waals surface area contributed by atoms with Crippen LogP contribution < -0.4 is 5.32 Å². The van der Waals surface area contributed by atoms with Gasteiger partial charge in [-0.05, 0) is 34.7 Å². The zero-order valence-corrected chi connectivity index (χ0v) is 14.6. The first-order valence-electron chi connectivity index (χ1n) is 8.66. The molecule has 3 aromatic carbocycles. The fourth-order valence-corrected chi connectivity index (χ4v) is 2.96. The fraction of sp³-hybridized carbons (Fsp3) is 0.174. The second kappa shape index (κ2) is 7.80. The zero-order valence-electron chi connectivity index (χ0n) is 14.6. The molecule has 0 fully saturated rings. The Morgan fingerprint density at radius 1 is 0.720 bits per heavy atom. The van der Waals surface area contributed by atoms with Crippen molar-refractivity contribution in [2.75, 3.05) is 0 Å². The van der Waals surface area contributed by atoms with Crippen molar-refractivity contribution in [3.63, 3.8) is 0 Å². The van der Waals surface area contributed by atoms with Gasteiger partial charge in [-0.3, -0.25) is 4.79 Å². The summed E-state index contributed by atoms with van der Waals surface area (Å²) in [6, 6.07) is 28.1. The van der Waals surface area contributed by atoms with Crippen LogP contribution in [0.2, 0.25) is 0 Å². The Bertz CT molecular complexity index is 808. The van der Waals surface area contributed by atoms with Gasteiger partial charge in [-0.1, -0.05) is 86.6 Å². The number of benzene rings is 3. The van der Waals surface area contributed by atoms with Crippen molar-refractivity contribution >= 4 is 5.91 Å². The highest BCUT2D eigenvalue weighted by molar-refractivity contribution is 5.95. The number of carbonyl (C=O) groups is 1. The van der Waals surface area contributed by atoms with Crippen molar-refractivity contribution in [2.45, 2.75) is 19.9 Å². The maximum Gasteiger partial charge on any atom is 0.251 e. The first-order chi connectivity index (χ1) is 12.1. The number of carbonyl (C=O) groups excluding carboxylic acids is 1. The number of hydrogen-bond acceptors (Lipinski definition) is 1. The molecule has 2 nitrogen and oxygen atoms in total. The molecule has 0 aromatic heterocycles. The first kappa shape index (κ1) is 17.0. The molecular formula is C23H23NO. The van der Waals surface area contributed by atoms with E-state index < -0.39 is 0 Å². The molecular weight excluding hydrogens is 306 g/mol. The minimum Gasteiger partial charge on any atom is -0.345 e. The van der Waals surface area contributed by atoms with Crippen molar-refractivity contribution in [2.24, 2.45) is 5.92 Å². The quantitative estimate of drug-likeness (QED) is 0.660. The van der Waals surface area contributed by atoms with E-state index in [9.17, 15) is 4.79 Å². The molecule has 25 heavy (non-hydrogen) atoms. The van der Waals surface area contributed by atoms with Crippen molar-refractivity contribution in [1.29, 1.82) is 0 Å². The Balaban J connectivity index is 1.76. The third-order valence-electron chi connectivity index (χ3n) is 4.37. The molecule has 0 bridgehead atoms. The molecule has 0 aliphatic carbocycles. The van der Waals surface area contributed by atoms with Gasteiger partial charge in [0.2, 0.25) is 0 Å². The van der Waals surface area contributed by atoms with Gasteiger partial charge < -0.3 is 5.32 Å². The van der Waals surface area contributed by atoms with Crippen LogP contribution in [-0.4, -0.2) is 5.91 Å². The van der Waals surface area contributed by atoms with Crippen molar-refractivity contribution in [1.82, 2.24) is 5.32 Å². The summed E-state index contributed by atoms with van der Waals surface area (Å²) in [5, 5.41) is 3.17. The van der Waals surface area contributed by atoms with Crippen LogP contribution in [0.1, 0.15) is 35.8 Å². The number of hydrogen-bond donors (Lipinski definition) is 1. The number of nitrogens with one attached hydrogen (secondary N) is 1. The highest BCUT2D eigenvalue weighted by atomic mass is 16.1. The summed E-state index contributed by atoms with van der Waals surface area (Å²) in [7, 11) is 0. The molecule has 0 aliphatic rings. The summed E-state index contributed by atoms with van der Waals surface area (Å²) in [5.41, 5.74) is 4.08. The van der Waals surface area contributed by atoms with Gasteiger partial charge in [0.1, 0.15) is 0 Å². The molecule has 1 atom stereocenters. The molecule has 0 saturated carbocycles. The lowest BCUT2D eigenvalue weighted by atomic mass is 9.95. The number of amides is 1. The third kappa shape index (κ3) is 4.16. The van der Waals surface area contributed by atoms with Crippen LogP contribution in [0.4, 0.5) is 0 Å². The van der Waals surface area contributed by atoms with Crippen LogP contribution in [0.3, 0.4) is 0 Å². The summed E-state index contributed by atoms with van der Waals surface area (Å²) < 4.78 is 0. The van der Waals surface area contributed by atoms with E-state index in [4.69, 9.17) is 0 Å². The van der Waals surface area contributed by atoms with Crippen LogP contribution in [0.25, 0.3) is 11.1 Å². The first-order valence-corrected chi connectivity index (χ1v) is 8.66. The molecule has 0 spiro atoms.